The Hall–Kier alpha value is -6.02. The molecule has 0 spiro atoms. The van der Waals surface area contributed by atoms with Gasteiger partial charge in [0.1, 0.15) is 36.5 Å². The number of nitrogens with one attached hydrogen (secondary N) is 6. The predicted molar refractivity (Wildman–Crippen MR) is 191 cm³/mol. The molecular formula is C32H45F3N6O17S. The average Bonchev–Trinajstić information content (AvgIpc) is 3.12. The van der Waals surface area contributed by atoms with E-state index in [4.69, 9.17) is 10.2 Å². The van der Waals surface area contributed by atoms with Gasteiger partial charge >= 0.3 is 36.0 Å². The van der Waals surface area contributed by atoms with Crippen LogP contribution in [0, 0.1) is 0 Å². The number of amides is 6. The standard InChI is InChI=1S/C32H45F3N6O17S/c1-59-11-10-19(41-29(56)18(4-8-24(48)49)40-31(58)20(12-26(52)53)37-21(43)5-9-25(50)51)30(57)39-17(3-7-23(46)47)28(55)38-16(2-6-22(44)45)27(54)36-15(14-42)13-32(33,34)35/h14-20H,2-13H2,1H3,(H,36,54)(H,37,43)(H,38,55)(H,39,57)(H,40,58)(H,41,56)(H,44,45)(H,46,47)(H,48,49)(H,50,51)(H,52,53)/t15-,16-,17-,18-,19-,20-/m0/s1. The number of carbonyl (C=O) groups excluding carboxylic acids is 7. The monoisotopic (exact) mass is 874 g/mol. The van der Waals surface area contributed by atoms with Crippen molar-refractivity contribution >= 4 is 83.3 Å². The first-order chi connectivity index (χ1) is 27.4. The molecule has 0 aromatic heterocycles. The minimum absolute atomic E-state index is 0.104. The van der Waals surface area contributed by atoms with Crippen LogP contribution in [0.3, 0.4) is 0 Å². The quantitative estimate of drug-likeness (QED) is 0.0339. The molecule has 0 aliphatic heterocycles. The van der Waals surface area contributed by atoms with E-state index in [0.29, 0.717) is 0 Å². The highest BCUT2D eigenvalue weighted by atomic mass is 32.2. The number of aliphatic carboxylic acids is 5. The summed E-state index contributed by atoms with van der Waals surface area (Å²) in [5.41, 5.74) is 0. The summed E-state index contributed by atoms with van der Waals surface area (Å²) in [6.45, 7) is 0. The van der Waals surface area contributed by atoms with Crippen LogP contribution in [0.4, 0.5) is 13.2 Å². The van der Waals surface area contributed by atoms with E-state index in [9.17, 15) is 86.0 Å². The molecule has 0 saturated heterocycles. The zero-order valence-corrected chi connectivity index (χ0v) is 32.0. The molecule has 23 nitrogen and oxygen atoms in total. The number of hydrogen-bond donors (Lipinski definition) is 11. The van der Waals surface area contributed by atoms with Gasteiger partial charge in [0, 0.05) is 25.7 Å². The third-order valence-electron chi connectivity index (χ3n) is 7.62. The van der Waals surface area contributed by atoms with Crippen LogP contribution in [-0.4, -0.2) is 152 Å². The third-order valence-corrected chi connectivity index (χ3v) is 8.27. The first-order valence-corrected chi connectivity index (χ1v) is 18.7. The van der Waals surface area contributed by atoms with Crippen molar-refractivity contribution in [3.63, 3.8) is 0 Å². The first-order valence-electron chi connectivity index (χ1n) is 17.3. The maximum atomic E-state index is 13.6. The molecule has 0 radical (unpaired) electrons. The van der Waals surface area contributed by atoms with Crippen LogP contribution in [0.25, 0.3) is 0 Å². The number of rotatable bonds is 30. The smallest absolute Gasteiger partial charge is 0.391 e. The van der Waals surface area contributed by atoms with Gasteiger partial charge in [-0.1, -0.05) is 0 Å². The number of carboxylic acids is 5. The highest BCUT2D eigenvalue weighted by molar-refractivity contribution is 7.98. The molecule has 59 heavy (non-hydrogen) atoms. The van der Waals surface area contributed by atoms with Crippen molar-refractivity contribution in [2.75, 3.05) is 12.0 Å². The Kier molecular flexibility index (Phi) is 24.1. The predicted octanol–water partition coefficient (Wildman–Crippen LogP) is -2.27. The zero-order chi connectivity index (χ0) is 45.5. The summed E-state index contributed by atoms with van der Waals surface area (Å²) in [7, 11) is 0. The van der Waals surface area contributed by atoms with Gasteiger partial charge in [0.2, 0.25) is 35.4 Å². The van der Waals surface area contributed by atoms with Crippen LogP contribution < -0.4 is 31.9 Å². The van der Waals surface area contributed by atoms with Gasteiger partial charge < -0.3 is 62.2 Å². The Labute approximate surface area is 336 Å². The lowest BCUT2D eigenvalue weighted by molar-refractivity contribution is -0.147. The minimum Gasteiger partial charge on any atom is -0.481 e. The van der Waals surface area contributed by atoms with Crippen LogP contribution in [0.15, 0.2) is 0 Å². The summed E-state index contributed by atoms with van der Waals surface area (Å²) in [6.07, 6.45) is -12.7. The molecule has 11 N–H and O–H groups in total. The molecule has 0 aromatic carbocycles. The van der Waals surface area contributed by atoms with Crippen LogP contribution in [0.1, 0.15) is 70.6 Å². The summed E-state index contributed by atoms with van der Waals surface area (Å²) in [5, 5.41) is 57.8. The van der Waals surface area contributed by atoms with Gasteiger partial charge in [0.15, 0.2) is 0 Å². The summed E-state index contributed by atoms with van der Waals surface area (Å²) in [5.74, 6) is -15.0. The maximum Gasteiger partial charge on any atom is 0.391 e. The lowest BCUT2D eigenvalue weighted by atomic mass is 10.1. The average molecular weight is 875 g/mol. The van der Waals surface area contributed by atoms with Gasteiger partial charge in [-0.3, -0.25) is 52.7 Å². The Morgan fingerprint density at radius 3 is 1.19 bits per heavy atom. The second-order valence-electron chi connectivity index (χ2n) is 12.5. The van der Waals surface area contributed by atoms with E-state index in [1.165, 1.54) is 0 Å². The third kappa shape index (κ3) is 24.4. The lowest BCUT2D eigenvalue weighted by Gasteiger charge is -2.27. The minimum atomic E-state index is -4.93. The number of thioether (sulfide) groups is 1. The molecule has 0 unspecified atom stereocenters. The van der Waals surface area contributed by atoms with E-state index in [0.717, 1.165) is 11.8 Å². The Balaban J connectivity index is 6.47. The van der Waals surface area contributed by atoms with Crippen molar-refractivity contribution in [3.05, 3.63) is 0 Å². The highest BCUT2D eigenvalue weighted by Gasteiger charge is 2.36. The molecule has 0 rings (SSSR count). The van der Waals surface area contributed by atoms with Crippen molar-refractivity contribution in [2.24, 2.45) is 0 Å². The van der Waals surface area contributed by atoms with Crippen LogP contribution in [-0.2, 0) is 57.5 Å². The fourth-order valence-corrected chi connectivity index (χ4v) is 5.21. The normalized spacial score (nSPS) is 14.0. The number of aldehydes is 1. The van der Waals surface area contributed by atoms with Crippen molar-refractivity contribution in [3.8, 4) is 0 Å². The molecule has 6 amide bonds. The van der Waals surface area contributed by atoms with Crippen molar-refractivity contribution < 1.29 is 96.2 Å². The van der Waals surface area contributed by atoms with E-state index in [2.05, 4.69) is 16.0 Å². The molecular weight excluding hydrogens is 829 g/mol. The van der Waals surface area contributed by atoms with Gasteiger partial charge in [-0.2, -0.15) is 24.9 Å². The summed E-state index contributed by atoms with van der Waals surface area (Å²) in [6, 6.07) is -11.3. The van der Waals surface area contributed by atoms with Crippen molar-refractivity contribution in [1.82, 2.24) is 31.9 Å². The second-order valence-corrected chi connectivity index (χ2v) is 13.5. The number of carbonyl (C=O) groups is 12. The van der Waals surface area contributed by atoms with Gasteiger partial charge in [-0.15, -0.1) is 0 Å². The van der Waals surface area contributed by atoms with Crippen LogP contribution in [0.2, 0.25) is 0 Å². The molecule has 0 aromatic rings. The fourth-order valence-electron chi connectivity index (χ4n) is 4.74. The molecule has 0 bridgehead atoms. The molecule has 0 aliphatic rings. The van der Waals surface area contributed by atoms with Crippen molar-refractivity contribution in [1.29, 1.82) is 0 Å². The van der Waals surface area contributed by atoms with E-state index in [1.807, 2.05) is 10.6 Å². The number of hydrogen-bond acceptors (Lipinski definition) is 13. The number of carboxylic acid groups (broad SMARTS) is 5. The van der Waals surface area contributed by atoms with Crippen LogP contribution in [0.5, 0.6) is 0 Å². The fraction of sp³-hybridized carbons (Fsp3) is 0.625. The lowest BCUT2D eigenvalue weighted by Crippen LogP contribution is -2.59. The Bertz CT molecular complexity index is 1570. The molecule has 27 heteroatoms. The molecule has 0 saturated carbocycles. The summed E-state index contributed by atoms with van der Waals surface area (Å²) < 4.78 is 38.6. The number of alkyl halides is 3. The summed E-state index contributed by atoms with van der Waals surface area (Å²) >= 11 is 1.14. The van der Waals surface area contributed by atoms with Gasteiger partial charge in [0.25, 0.3) is 0 Å². The van der Waals surface area contributed by atoms with Gasteiger partial charge in [0.05, 0.1) is 25.3 Å². The van der Waals surface area contributed by atoms with E-state index in [1.54, 1.807) is 11.6 Å². The van der Waals surface area contributed by atoms with Gasteiger partial charge in [-0.25, -0.2) is 0 Å². The molecule has 6 atom stereocenters. The Morgan fingerprint density at radius 1 is 0.508 bits per heavy atom. The van der Waals surface area contributed by atoms with E-state index in [-0.39, 0.29) is 18.5 Å². The second kappa shape index (κ2) is 26.8. The molecule has 0 fully saturated rings. The zero-order valence-electron chi connectivity index (χ0n) is 31.2. The Morgan fingerprint density at radius 2 is 0.864 bits per heavy atom. The largest absolute Gasteiger partial charge is 0.481 e. The first kappa shape index (κ1) is 53.0. The topological polar surface area (TPSA) is 378 Å². The SMILES string of the molecule is CSCC[C@H](NC(=O)[C@H](CCC(=O)O)NC(=O)[C@H](CC(=O)O)NC(=O)CCC(=O)O)C(=O)N[C@@H](CCC(=O)O)C(=O)N[C@@H](CCC(=O)O)C(=O)N[C@H](C=O)CC(F)(F)F. The van der Waals surface area contributed by atoms with Crippen molar-refractivity contribution in [2.45, 2.75) is 113 Å². The maximum absolute atomic E-state index is 13.6. The van der Waals surface area contributed by atoms with E-state index < -0.39 is 172 Å². The molecule has 0 heterocycles. The van der Waals surface area contributed by atoms with Gasteiger partial charge in [-0.05, 0) is 37.7 Å². The van der Waals surface area contributed by atoms with E-state index >= 15 is 0 Å². The highest BCUT2D eigenvalue weighted by Crippen LogP contribution is 2.21. The van der Waals surface area contributed by atoms with Crippen LogP contribution >= 0.6 is 11.8 Å². The molecule has 0 aliphatic carbocycles. The molecule has 332 valence electrons. The summed E-state index contributed by atoms with van der Waals surface area (Å²) in [4.78, 5) is 146. The number of halogens is 3.